The summed E-state index contributed by atoms with van der Waals surface area (Å²) in [7, 11) is 0. The van der Waals surface area contributed by atoms with Crippen LogP contribution >= 0.6 is 0 Å². The van der Waals surface area contributed by atoms with Gasteiger partial charge in [-0.05, 0) is 6.42 Å². The number of hydrogen-bond acceptors (Lipinski definition) is 3. The molecule has 0 atom stereocenters. The Bertz CT molecular complexity index is 224. The Morgan fingerprint density at radius 2 is 1.16 bits per heavy atom. The van der Waals surface area contributed by atoms with Crippen LogP contribution in [0, 0.1) is 0 Å². The van der Waals surface area contributed by atoms with Gasteiger partial charge in [0.25, 0.3) is 0 Å². The first kappa shape index (κ1) is 20.0. The molecule has 0 saturated heterocycles. The maximum atomic E-state index is 9.55. The Hall–Kier alpha value is -1.36. The fourth-order valence-corrected chi connectivity index (χ4v) is 1.39. The van der Waals surface area contributed by atoms with Gasteiger partial charge in [-0.2, -0.15) is 0 Å². The Morgan fingerprint density at radius 3 is 1.47 bits per heavy atom. The van der Waals surface area contributed by atoms with Gasteiger partial charge in [0.2, 0.25) is 0 Å². The molecule has 0 radical (unpaired) electrons. The number of carboxylic acids is 2. The van der Waals surface area contributed by atoms with Gasteiger partial charge in [-0.1, -0.05) is 51.9 Å². The molecule has 0 unspecified atom stereocenters. The van der Waals surface area contributed by atoms with Crippen LogP contribution in [0.1, 0.15) is 58.3 Å². The summed E-state index contributed by atoms with van der Waals surface area (Å²) in [5, 5.41) is 24.1. The first-order valence-corrected chi connectivity index (χ1v) is 6.79. The maximum absolute atomic E-state index is 9.55. The molecule has 0 bridgehead atoms. The van der Waals surface area contributed by atoms with E-state index in [1.807, 2.05) is 0 Å². The second kappa shape index (κ2) is 16.6. The standard InChI is InChI=1S/C10H22O.C4H4O4/c1-2-3-4-5-6-7-8-9-10-11;5-3(6)1-2-4(7)8/h11H,2-10H2,1H3;1-2H,(H,5,6)(H,7,8)/b;2-1-. The molecule has 0 heterocycles. The third-order valence-corrected chi connectivity index (χ3v) is 2.38. The third-order valence-electron chi connectivity index (χ3n) is 2.38. The van der Waals surface area contributed by atoms with Gasteiger partial charge in [0.1, 0.15) is 0 Å². The number of aliphatic hydroxyl groups is 1. The molecule has 0 saturated carbocycles. The number of rotatable bonds is 10. The first-order chi connectivity index (χ1) is 9.04. The number of carboxylic acid groups (broad SMARTS) is 2. The molecule has 3 N–H and O–H groups in total. The van der Waals surface area contributed by atoms with Crippen LogP contribution in [0.4, 0.5) is 0 Å². The fourth-order valence-electron chi connectivity index (χ4n) is 1.39. The highest BCUT2D eigenvalue weighted by Crippen LogP contribution is 2.07. The van der Waals surface area contributed by atoms with Crippen LogP contribution in [-0.4, -0.2) is 33.9 Å². The molecule has 0 spiro atoms. The Morgan fingerprint density at radius 1 is 0.789 bits per heavy atom. The van der Waals surface area contributed by atoms with Crippen molar-refractivity contribution < 1.29 is 24.9 Å². The van der Waals surface area contributed by atoms with E-state index in [0.717, 1.165) is 6.42 Å². The molecule has 0 aliphatic heterocycles. The lowest BCUT2D eigenvalue weighted by Gasteiger charge is -1.98. The van der Waals surface area contributed by atoms with E-state index in [9.17, 15) is 9.59 Å². The highest BCUT2D eigenvalue weighted by molar-refractivity contribution is 5.89. The van der Waals surface area contributed by atoms with E-state index in [0.29, 0.717) is 18.8 Å². The summed E-state index contributed by atoms with van der Waals surface area (Å²) in [4.78, 5) is 19.1. The van der Waals surface area contributed by atoms with E-state index < -0.39 is 11.9 Å². The van der Waals surface area contributed by atoms with Crippen LogP contribution in [-0.2, 0) is 9.59 Å². The number of aliphatic carboxylic acids is 2. The van der Waals surface area contributed by atoms with Crippen molar-refractivity contribution in [3.05, 3.63) is 12.2 Å². The Labute approximate surface area is 115 Å². The second-order valence-corrected chi connectivity index (χ2v) is 4.21. The maximum Gasteiger partial charge on any atom is 0.328 e. The molecule has 5 nitrogen and oxygen atoms in total. The monoisotopic (exact) mass is 274 g/mol. The quantitative estimate of drug-likeness (QED) is 0.420. The van der Waals surface area contributed by atoms with Crippen LogP contribution in [0.2, 0.25) is 0 Å². The molecular weight excluding hydrogens is 248 g/mol. The smallest absolute Gasteiger partial charge is 0.328 e. The van der Waals surface area contributed by atoms with Crippen LogP contribution in [0.5, 0.6) is 0 Å². The first-order valence-electron chi connectivity index (χ1n) is 6.79. The molecular formula is C14H26O5. The number of hydrogen-bond donors (Lipinski definition) is 3. The van der Waals surface area contributed by atoms with Gasteiger partial charge in [0.15, 0.2) is 0 Å². The largest absolute Gasteiger partial charge is 0.478 e. The van der Waals surface area contributed by atoms with Crippen molar-refractivity contribution in [2.75, 3.05) is 6.61 Å². The van der Waals surface area contributed by atoms with E-state index >= 15 is 0 Å². The summed E-state index contributed by atoms with van der Waals surface area (Å²) in [6.07, 6.45) is 11.5. The van der Waals surface area contributed by atoms with Crippen LogP contribution in [0.3, 0.4) is 0 Å². The van der Waals surface area contributed by atoms with Gasteiger partial charge < -0.3 is 15.3 Å². The van der Waals surface area contributed by atoms with Gasteiger partial charge in [-0.15, -0.1) is 0 Å². The van der Waals surface area contributed by atoms with E-state index in [1.165, 1.54) is 44.9 Å². The summed E-state index contributed by atoms with van der Waals surface area (Å²) >= 11 is 0. The van der Waals surface area contributed by atoms with Gasteiger partial charge in [0, 0.05) is 18.8 Å². The zero-order valence-electron chi connectivity index (χ0n) is 11.7. The minimum Gasteiger partial charge on any atom is -0.478 e. The summed E-state index contributed by atoms with van der Waals surface area (Å²) in [6.45, 7) is 2.61. The zero-order valence-corrected chi connectivity index (χ0v) is 11.7. The molecule has 0 amide bonds. The van der Waals surface area contributed by atoms with Crippen molar-refractivity contribution in [2.24, 2.45) is 0 Å². The average Bonchev–Trinajstić information content (AvgIpc) is 2.36. The van der Waals surface area contributed by atoms with Crippen molar-refractivity contribution in [1.29, 1.82) is 0 Å². The molecule has 19 heavy (non-hydrogen) atoms. The van der Waals surface area contributed by atoms with Crippen LogP contribution in [0.15, 0.2) is 12.2 Å². The molecule has 0 aromatic carbocycles. The van der Waals surface area contributed by atoms with E-state index in [4.69, 9.17) is 15.3 Å². The van der Waals surface area contributed by atoms with Gasteiger partial charge in [0.05, 0.1) is 0 Å². The lowest BCUT2D eigenvalue weighted by molar-refractivity contribution is -0.134. The molecule has 112 valence electrons. The van der Waals surface area contributed by atoms with Crippen molar-refractivity contribution in [1.82, 2.24) is 0 Å². The van der Waals surface area contributed by atoms with E-state index in [1.54, 1.807) is 0 Å². The Balaban J connectivity index is 0. The molecule has 0 aliphatic carbocycles. The van der Waals surface area contributed by atoms with Gasteiger partial charge in [-0.3, -0.25) is 0 Å². The van der Waals surface area contributed by atoms with Crippen molar-refractivity contribution in [3.63, 3.8) is 0 Å². The minimum absolute atomic E-state index is 0.370. The van der Waals surface area contributed by atoms with Gasteiger partial charge >= 0.3 is 11.9 Å². The third kappa shape index (κ3) is 26.3. The summed E-state index contributed by atoms with van der Waals surface area (Å²) in [6, 6.07) is 0. The highest BCUT2D eigenvalue weighted by Gasteiger charge is 1.89. The van der Waals surface area contributed by atoms with Crippen molar-refractivity contribution >= 4 is 11.9 Å². The second-order valence-electron chi connectivity index (χ2n) is 4.21. The predicted molar refractivity (Wildman–Crippen MR) is 74.1 cm³/mol. The van der Waals surface area contributed by atoms with Crippen LogP contribution < -0.4 is 0 Å². The lowest BCUT2D eigenvalue weighted by Crippen LogP contribution is -1.91. The molecule has 0 aliphatic rings. The van der Waals surface area contributed by atoms with E-state index in [-0.39, 0.29) is 0 Å². The predicted octanol–water partition coefficient (Wildman–Crippen LogP) is 2.83. The molecule has 0 aromatic rings. The average molecular weight is 274 g/mol. The van der Waals surface area contributed by atoms with Crippen molar-refractivity contribution in [2.45, 2.75) is 58.3 Å². The van der Waals surface area contributed by atoms with Gasteiger partial charge in [-0.25, -0.2) is 9.59 Å². The molecule has 0 aromatic heterocycles. The number of carbonyl (C=O) groups is 2. The molecule has 0 rings (SSSR count). The SMILES string of the molecule is CCCCCCCCCCO.O=C(O)/C=C\C(=O)O. The molecule has 0 fully saturated rings. The summed E-state index contributed by atoms with van der Waals surface area (Å²) in [5.41, 5.74) is 0. The zero-order chi connectivity index (χ0) is 14.9. The van der Waals surface area contributed by atoms with E-state index in [2.05, 4.69) is 6.92 Å². The molecule has 5 heteroatoms. The summed E-state index contributed by atoms with van der Waals surface area (Å²) < 4.78 is 0. The Kier molecular flexibility index (Phi) is 17.5. The summed E-state index contributed by atoms with van der Waals surface area (Å²) in [5.74, 6) is -2.51. The number of unbranched alkanes of at least 4 members (excludes halogenated alkanes) is 7. The lowest BCUT2D eigenvalue weighted by atomic mass is 10.1. The van der Waals surface area contributed by atoms with Crippen LogP contribution in [0.25, 0.3) is 0 Å². The van der Waals surface area contributed by atoms with Crippen molar-refractivity contribution in [3.8, 4) is 0 Å². The topological polar surface area (TPSA) is 94.8 Å². The normalized spacial score (nSPS) is 10.0. The fraction of sp³-hybridized carbons (Fsp3) is 0.714. The minimum atomic E-state index is -1.26. The highest BCUT2D eigenvalue weighted by atomic mass is 16.4. The number of aliphatic hydroxyl groups excluding tert-OH is 1.